The predicted octanol–water partition coefficient (Wildman–Crippen LogP) is 3.18. The van der Waals surface area contributed by atoms with Crippen LogP contribution in [0.4, 0.5) is 0 Å². The van der Waals surface area contributed by atoms with Gasteiger partial charge in [-0.3, -0.25) is 4.90 Å². The monoisotopic (exact) mass is 250 g/mol. The standard InChI is InChI=1S/C15H26N2O/c1-5-6-7-8-17(4)11-15-9-14(12-18-15)10-16-13(2)3/h5,9,12-13,16H,1,6-8,10-11H2,2-4H3. The molecule has 0 unspecified atom stereocenters. The molecule has 0 fully saturated rings. The molecule has 3 nitrogen and oxygen atoms in total. The number of nitrogens with one attached hydrogen (secondary N) is 1. The van der Waals surface area contributed by atoms with Crippen LogP contribution in [-0.2, 0) is 13.1 Å². The summed E-state index contributed by atoms with van der Waals surface area (Å²) in [6.45, 7) is 10.9. The second-order valence-corrected chi connectivity index (χ2v) is 5.13. The van der Waals surface area contributed by atoms with Crippen molar-refractivity contribution in [1.29, 1.82) is 0 Å². The number of furan rings is 1. The van der Waals surface area contributed by atoms with Crippen molar-refractivity contribution in [2.24, 2.45) is 0 Å². The minimum atomic E-state index is 0.505. The Morgan fingerprint density at radius 1 is 1.50 bits per heavy atom. The maximum atomic E-state index is 5.57. The first-order valence-electron chi connectivity index (χ1n) is 6.71. The van der Waals surface area contributed by atoms with E-state index in [0.717, 1.165) is 38.2 Å². The highest BCUT2D eigenvalue weighted by molar-refractivity contribution is 5.12. The van der Waals surface area contributed by atoms with E-state index in [1.54, 1.807) is 0 Å². The Morgan fingerprint density at radius 2 is 2.28 bits per heavy atom. The van der Waals surface area contributed by atoms with Gasteiger partial charge in [-0.05, 0) is 32.5 Å². The zero-order valence-corrected chi connectivity index (χ0v) is 11.9. The van der Waals surface area contributed by atoms with E-state index in [1.165, 1.54) is 5.56 Å². The van der Waals surface area contributed by atoms with Crippen LogP contribution in [0, 0.1) is 0 Å². The molecule has 0 bridgehead atoms. The quantitative estimate of drug-likeness (QED) is 0.539. The van der Waals surface area contributed by atoms with Crippen molar-refractivity contribution in [2.45, 2.75) is 45.8 Å². The van der Waals surface area contributed by atoms with E-state index < -0.39 is 0 Å². The van der Waals surface area contributed by atoms with Crippen LogP contribution >= 0.6 is 0 Å². The summed E-state index contributed by atoms with van der Waals surface area (Å²) >= 11 is 0. The van der Waals surface area contributed by atoms with Crippen molar-refractivity contribution < 1.29 is 4.42 Å². The molecular weight excluding hydrogens is 224 g/mol. The molecule has 0 amide bonds. The van der Waals surface area contributed by atoms with Crippen LogP contribution in [0.1, 0.15) is 38.0 Å². The highest BCUT2D eigenvalue weighted by atomic mass is 16.3. The summed E-state index contributed by atoms with van der Waals surface area (Å²) in [5.41, 5.74) is 1.22. The predicted molar refractivity (Wildman–Crippen MR) is 76.4 cm³/mol. The third-order valence-electron chi connectivity index (χ3n) is 2.80. The molecule has 0 radical (unpaired) electrons. The van der Waals surface area contributed by atoms with Crippen molar-refractivity contribution >= 4 is 0 Å². The van der Waals surface area contributed by atoms with E-state index in [-0.39, 0.29) is 0 Å². The van der Waals surface area contributed by atoms with Crippen LogP contribution in [0.15, 0.2) is 29.4 Å². The number of allylic oxidation sites excluding steroid dienone is 1. The Bertz CT molecular complexity index is 344. The summed E-state index contributed by atoms with van der Waals surface area (Å²) in [4.78, 5) is 2.28. The maximum absolute atomic E-state index is 5.57. The summed E-state index contributed by atoms with van der Waals surface area (Å²) in [7, 11) is 2.12. The van der Waals surface area contributed by atoms with Gasteiger partial charge in [-0.15, -0.1) is 6.58 Å². The largest absolute Gasteiger partial charge is 0.468 e. The molecule has 3 heteroatoms. The Hall–Kier alpha value is -1.06. The van der Waals surface area contributed by atoms with E-state index in [9.17, 15) is 0 Å². The number of rotatable bonds is 9. The van der Waals surface area contributed by atoms with Crippen LogP contribution in [0.2, 0.25) is 0 Å². The highest BCUT2D eigenvalue weighted by Gasteiger charge is 2.05. The molecule has 0 aliphatic rings. The molecular formula is C15H26N2O. The van der Waals surface area contributed by atoms with E-state index in [1.807, 2.05) is 12.3 Å². The van der Waals surface area contributed by atoms with E-state index in [2.05, 4.69) is 43.8 Å². The van der Waals surface area contributed by atoms with Gasteiger partial charge < -0.3 is 9.73 Å². The molecule has 0 saturated heterocycles. The SMILES string of the molecule is C=CCCCN(C)Cc1cc(CNC(C)C)co1. The lowest BCUT2D eigenvalue weighted by atomic mass is 10.2. The van der Waals surface area contributed by atoms with Gasteiger partial charge in [-0.1, -0.05) is 19.9 Å². The molecule has 1 heterocycles. The zero-order chi connectivity index (χ0) is 13.4. The summed E-state index contributed by atoms with van der Waals surface area (Å²) in [6, 6.07) is 2.64. The fraction of sp³-hybridized carbons (Fsp3) is 0.600. The molecule has 0 aliphatic carbocycles. The highest BCUT2D eigenvalue weighted by Crippen LogP contribution is 2.10. The summed E-state index contributed by atoms with van der Waals surface area (Å²) in [6.07, 6.45) is 6.05. The smallest absolute Gasteiger partial charge is 0.118 e. The van der Waals surface area contributed by atoms with Gasteiger partial charge in [0.2, 0.25) is 0 Å². The topological polar surface area (TPSA) is 28.4 Å². The molecule has 1 aromatic rings. The van der Waals surface area contributed by atoms with Gasteiger partial charge >= 0.3 is 0 Å². The van der Waals surface area contributed by atoms with E-state index >= 15 is 0 Å². The number of unbranched alkanes of at least 4 members (excludes halogenated alkanes) is 1. The van der Waals surface area contributed by atoms with Gasteiger partial charge in [0.1, 0.15) is 5.76 Å². The van der Waals surface area contributed by atoms with Crippen LogP contribution in [-0.4, -0.2) is 24.5 Å². The van der Waals surface area contributed by atoms with Gasteiger partial charge in [-0.25, -0.2) is 0 Å². The van der Waals surface area contributed by atoms with Crippen LogP contribution in [0.25, 0.3) is 0 Å². The lowest BCUT2D eigenvalue weighted by Crippen LogP contribution is -2.21. The van der Waals surface area contributed by atoms with E-state index in [0.29, 0.717) is 6.04 Å². The average molecular weight is 250 g/mol. The lowest BCUT2D eigenvalue weighted by molar-refractivity contribution is 0.292. The first-order valence-corrected chi connectivity index (χ1v) is 6.71. The molecule has 1 N–H and O–H groups in total. The van der Waals surface area contributed by atoms with Gasteiger partial charge in [0.15, 0.2) is 0 Å². The van der Waals surface area contributed by atoms with Gasteiger partial charge in [0.05, 0.1) is 12.8 Å². The third-order valence-corrected chi connectivity index (χ3v) is 2.80. The van der Waals surface area contributed by atoms with Crippen molar-refractivity contribution in [1.82, 2.24) is 10.2 Å². The number of nitrogens with zero attached hydrogens (tertiary/aromatic N) is 1. The van der Waals surface area contributed by atoms with Gasteiger partial charge in [0.25, 0.3) is 0 Å². The third kappa shape index (κ3) is 6.03. The van der Waals surface area contributed by atoms with Crippen LogP contribution in [0.5, 0.6) is 0 Å². The summed E-state index contributed by atoms with van der Waals surface area (Å²) in [5, 5.41) is 3.39. The molecule has 0 spiro atoms. The molecule has 0 atom stereocenters. The fourth-order valence-corrected chi connectivity index (χ4v) is 1.77. The van der Waals surface area contributed by atoms with Gasteiger partial charge in [-0.2, -0.15) is 0 Å². The van der Waals surface area contributed by atoms with E-state index in [4.69, 9.17) is 4.42 Å². The second kappa shape index (κ2) is 8.11. The molecule has 102 valence electrons. The van der Waals surface area contributed by atoms with Crippen molar-refractivity contribution in [3.8, 4) is 0 Å². The lowest BCUT2D eigenvalue weighted by Gasteiger charge is -2.13. The van der Waals surface area contributed by atoms with Crippen LogP contribution < -0.4 is 5.32 Å². The Balaban J connectivity index is 2.31. The second-order valence-electron chi connectivity index (χ2n) is 5.13. The van der Waals surface area contributed by atoms with Crippen LogP contribution in [0.3, 0.4) is 0 Å². The van der Waals surface area contributed by atoms with Gasteiger partial charge in [0, 0.05) is 18.2 Å². The van der Waals surface area contributed by atoms with Crippen molar-refractivity contribution in [3.63, 3.8) is 0 Å². The minimum Gasteiger partial charge on any atom is -0.468 e. The molecule has 1 rings (SSSR count). The van der Waals surface area contributed by atoms with Crippen molar-refractivity contribution in [3.05, 3.63) is 36.3 Å². The summed E-state index contributed by atoms with van der Waals surface area (Å²) in [5.74, 6) is 1.04. The molecule has 0 aromatic carbocycles. The normalized spacial score (nSPS) is 11.4. The molecule has 0 saturated carbocycles. The first kappa shape index (κ1) is 15.0. The maximum Gasteiger partial charge on any atom is 0.118 e. The molecule has 1 aromatic heterocycles. The molecule has 18 heavy (non-hydrogen) atoms. The Kier molecular flexibility index (Phi) is 6.76. The Labute approximate surface area is 111 Å². The number of hydrogen-bond acceptors (Lipinski definition) is 3. The zero-order valence-electron chi connectivity index (χ0n) is 11.9. The first-order chi connectivity index (χ1) is 8.61. The number of hydrogen-bond donors (Lipinski definition) is 1. The Morgan fingerprint density at radius 3 is 2.94 bits per heavy atom. The average Bonchev–Trinajstić information content (AvgIpc) is 2.74. The molecule has 0 aliphatic heterocycles. The summed E-state index contributed by atoms with van der Waals surface area (Å²) < 4.78 is 5.57. The van der Waals surface area contributed by atoms with Crippen molar-refractivity contribution in [2.75, 3.05) is 13.6 Å². The minimum absolute atomic E-state index is 0.505. The fourth-order valence-electron chi connectivity index (χ4n) is 1.77.